The van der Waals surface area contributed by atoms with Crippen LogP contribution in [-0.2, 0) is 19.1 Å². The third kappa shape index (κ3) is 8.93. The van der Waals surface area contributed by atoms with Crippen molar-refractivity contribution in [1.29, 1.82) is 0 Å². The fraction of sp³-hybridized carbons (Fsp3) is 0.364. The Balaban J connectivity index is 1.82. The smallest absolute Gasteiger partial charge is 0.307 e. The van der Waals surface area contributed by atoms with Crippen molar-refractivity contribution in [3.8, 4) is 0 Å². The molecule has 0 spiro atoms. The zero-order valence-corrected chi connectivity index (χ0v) is 18.5. The average molecular weight is 457 g/mol. The Morgan fingerprint density at radius 3 is 2.67 bits per heavy atom. The number of hydrogen-bond donors (Lipinski definition) is 3. The van der Waals surface area contributed by atoms with Crippen molar-refractivity contribution in [3.63, 3.8) is 0 Å². The molecule has 0 radical (unpaired) electrons. The number of nitrogens with zero attached hydrogens (tertiary/aromatic N) is 2. The van der Waals surface area contributed by atoms with Crippen LogP contribution < -0.4 is 16.0 Å². The molecule has 11 heteroatoms. The van der Waals surface area contributed by atoms with Gasteiger partial charge in [0.1, 0.15) is 5.82 Å². The molecular weight excluding hydrogens is 430 g/mol. The highest BCUT2D eigenvalue weighted by Gasteiger charge is 2.21. The minimum absolute atomic E-state index is 0.167. The number of nitro benzene ring substituents is 1. The van der Waals surface area contributed by atoms with Crippen molar-refractivity contribution in [1.82, 2.24) is 15.6 Å². The Hall–Kier alpha value is -4.02. The highest BCUT2D eigenvalue weighted by molar-refractivity contribution is 5.85. The Kier molecular flexibility index (Phi) is 9.75. The first-order chi connectivity index (χ1) is 15.8. The molecule has 0 saturated heterocycles. The molecule has 33 heavy (non-hydrogen) atoms. The van der Waals surface area contributed by atoms with Gasteiger partial charge in [0.25, 0.3) is 5.69 Å². The van der Waals surface area contributed by atoms with Gasteiger partial charge in [-0.3, -0.25) is 24.5 Å². The summed E-state index contributed by atoms with van der Waals surface area (Å²) in [6, 6.07) is 8.57. The van der Waals surface area contributed by atoms with Crippen molar-refractivity contribution in [2.75, 3.05) is 25.5 Å². The lowest BCUT2D eigenvalue weighted by Gasteiger charge is -2.18. The van der Waals surface area contributed by atoms with Crippen LogP contribution in [0, 0.1) is 17.0 Å². The minimum Gasteiger partial charge on any atom is -0.469 e. The van der Waals surface area contributed by atoms with E-state index in [0.29, 0.717) is 18.5 Å². The fourth-order valence-electron chi connectivity index (χ4n) is 2.97. The summed E-state index contributed by atoms with van der Waals surface area (Å²) in [6.07, 6.45) is 2.24. The number of hydrogen-bond acceptors (Lipinski definition) is 8. The molecule has 1 unspecified atom stereocenters. The fourth-order valence-corrected chi connectivity index (χ4v) is 2.97. The zero-order valence-electron chi connectivity index (χ0n) is 18.5. The zero-order chi connectivity index (χ0) is 24.2. The molecule has 1 atom stereocenters. The number of ether oxygens (including phenoxy) is 1. The monoisotopic (exact) mass is 457 g/mol. The van der Waals surface area contributed by atoms with E-state index in [2.05, 4.69) is 25.7 Å². The van der Waals surface area contributed by atoms with E-state index in [4.69, 9.17) is 0 Å². The van der Waals surface area contributed by atoms with Gasteiger partial charge in [-0.15, -0.1) is 0 Å². The summed E-state index contributed by atoms with van der Waals surface area (Å²) in [7, 11) is 1.21. The summed E-state index contributed by atoms with van der Waals surface area (Å²) < 4.78 is 4.65. The predicted molar refractivity (Wildman–Crippen MR) is 120 cm³/mol. The maximum atomic E-state index is 12.3. The molecule has 1 aromatic carbocycles. The van der Waals surface area contributed by atoms with E-state index in [1.165, 1.54) is 25.3 Å². The third-order valence-corrected chi connectivity index (χ3v) is 4.67. The van der Waals surface area contributed by atoms with Crippen LogP contribution >= 0.6 is 0 Å². The number of benzene rings is 1. The molecule has 0 fully saturated rings. The second-order valence-electron chi connectivity index (χ2n) is 7.28. The molecule has 0 aliphatic carbocycles. The number of carbonyl (C=O) groups is 3. The minimum atomic E-state index is -0.840. The summed E-state index contributed by atoms with van der Waals surface area (Å²) in [5, 5.41) is 19.3. The number of methoxy groups -OCH3 is 1. The van der Waals surface area contributed by atoms with Gasteiger partial charge in [-0.1, -0.05) is 12.1 Å². The van der Waals surface area contributed by atoms with E-state index >= 15 is 0 Å². The number of nitro groups is 1. The lowest BCUT2D eigenvalue weighted by molar-refractivity contribution is -0.384. The van der Waals surface area contributed by atoms with Crippen LogP contribution in [0.1, 0.15) is 36.4 Å². The molecule has 1 aromatic heterocycles. The summed E-state index contributed by atoms with van der Waals surface area (Å²) in [5.74, 6) is -0.700. The van der Waals surface area contributed by atoms with Gasteiger partial charge in [0.2, 0.25) is 11.8 Å². The van der Waals surface area contributed by atoms with E-state index in [0.717, 1.165) is 11.4 Å². The molecule has 11 nitrogen and oxygen atoms in total. The number of anilines is 1. The van der Waals surface area contributed by atoms with Crippen LogP contribution in [0.15, 0.2) is 42.6 Å². The number of nitrogens with one attached hydrogen (secondary N) is 3. The molecule has 176 valence electrons. The third-order valence-electron chi connectivity index (χ3n) is 4.67. The van der Waals surface area contributed by atoms with Gasteiger partial charge in [0.05, 0.1) is 31.0 Å². The van der Waals surface area contributed by atoms with Gasteiger partial charge >= 0.3 is 5.97 Å². The second kappa shape index (κ2) is 12.7. The SMILES string of the molecule is COC(=O)CC(NC(=O)CNC(=O)CCCNc1cc(C)ccn1)c1cccc([N+](=O)[O-])c1. The lowest BCUT2D eigenvalue weighted by Crippen LogP contribution is -2.39. The Morgan fingerprint density at radius 2 is 1.97 bits per heavy atom. The average Bonchev–Trinajstić information content (AvgIpc) is 2.80. The molecule has 0 saturated carbocycles. The first-order valence-corrected chi connectivity index (χ1v) is 10.3. The van der Waals surface area contributed by atoms with Crippen molar-refractivity contribution >= 4 is 29.3 Å². The number of rotatable bonds is 12. The maximum Gasteiger partial charge on any atom is 0.307 e. The molecule has 1 heterocycles. The number of aromatic nitrogens is 1. The first kappa shape index (κ1) is 25.2. The van der Waals surface area contributed by atoms with Gasteiger partial charge in [-0.05, 0) is 36.6 Å². The number of aryl methyl sites for hydroxylation is 1. The molecule has 2 aromatic rings. The molecule has 0 aliphatic rings. The van der Waals surface area contributed by atoms with E-state index < -0.39 is 22.8 Å². The summed E-state index contributed by atoms with van der Waals surface area (Å²) in [6.45, 7) is 2.21. The molecule has 2 rings (SSSR count). The summed E-state index contributed by atoms with van der Waals surface area (Å²) in [4.78, 5) is 50.7. The van der Waals surface area contributed by atoms with Crippen LogP contribution in [-0.4, -0.2) is 47.9 Å². The number of amides is 2. The number of esters is 1. The maximum absolute atomic E-state index is 12.3. The van der Waals surface area contributed by atoms with Crippen molar-refractivity contribution in [2.45, 2.75) is 32.2 Å². The molecule has 3 N–H and O–H groups in total. The van der Waals surface area contributed by atoms with Crippen LogP contribution in [0.4, 0.5) is 11.5 Å². The van der Waals surface area contributed by atoms with E-state index in [-0.39, 0.29) is 31.0 Å². The Morgan fingerprint density at radius 1 is 1.18 bits per heavy atom. The second-order valence-corrected chi connectivity index (χ2v) is 7.28. The quantitative estimate of drug-likeness (QED) is 0.189. The first-order valence-electron chi connectivity index (χ1n) is 10.3. The topological polar surface area (TPSA) is 153 Å². The van der Waals surface area contributed by atoms with Crippen molar-refractivity contribution in [3.05, 3.63) is 63.8 Å². The molecule has 0 bridgehead atoms. The van der Waals surface area contributed by atoms with E-state index in [1.807, 2.05) is 19.1 Å². The molecule has 0 aliphatic heterocycles. The van der Waals surface area contributed by atoms with Gasteiger partial charge < -0.3 is 20.7 Å². The predicted octanol–water partition coefficient (Wildman–Crippen LogP) is 2.03. The Labute approximate surface area is 191 Å². The summed E-state index contributed by atoms with van der Waals surface area (Å²) >= 11 is 0. The highest BCUT2D eigenvalue weighted by atomic mass is 16.6. The van der Waals surface area contributed by atoms with Crippen LogP contribution in [0.3, 0.4) is 0 Å². The van der Waals surface area contributed by atoms with Crippen LogP contribution in [0.2, 0.25) is 0 Å². The number of carbonyl (C=O) groups excluding carboxylic acids is 3. The highest BCUT2D eigenvalue weighted by Crippen LogP contribution is 2.22. The van der Waals surface area contributed by atoms with Gasteiger partial charge in [0.15, 0.2) is 0 Å². The van der Waals surface area contributed by atoms with Gasteiger partial charge in [-0.2, -0.15) is 0 Å². The van der Waals surface area contributed by atoms with E-state index in [1.54, 1.807) is 12.3 Å². The van der Waals surface area contributed by atoms with Crippen molar-refractivity contribution < 1.29 is 24.0 Å². The molecule has 2 amide bonds. The molecular formula is C22H27N5O6. The van der Waals surface area contributed by atoms with Crippen LogP contribution in [0.5, 0.6) is 0 Å². The normalized spacial score (nSPS) is 11.2. The van der Waals surface area contributed by atoms with E-state index in [9.17, 15) is 24.5 Å². The summed E-state index contributed by atoms with van der Waals surface area (Å²) in [5.41, 5.74) is 1.29. The largest absolute Gasteiger partial charge is 0.469 e. The van der Waals surface area contributed by atoms with Gasteiger partial charge in [-0.25, -0.2) is 4.98 Å². The van der Waals surface area contributed by atoms with Crippen LogP contribution in [0.25, 0.3) is 0 Å². The van der Waals surface area contributed by atoms with Gasteiger partial charge in [0, 0.05) is 31.3 Å². The number of non-ortho nitro benzene ring substituents is 1. The number of pyridine rings is 1. The standard InChI is InChI=1S/C22H27N5O6/c1-15-8-10-24-19(11-15)23-9-4-7-20(28)25-14-21(29)26-18(13-22(30)33-2)16-5-3-6-17(12-16)27(31)32/h3,5-6,8,10-12,18H,4,7,9,13-14H2,1-2H3,(H,23,24)(H,25,28)(H,26,29). The lowest BCUT2D eigenvalue weighted by atomic mass is 10.0. The Bertz CT molecular complexity index is 997. The van der Waals surface area contributed by atoms with Crippen molar-refractivity contribution in [2.24, 2.45) is 0 Å².